The summed E-state index contributed by atoms with van der Waals surface area (Å²) < 4.78 is 48.2. The first-order valence-electron chi connectivity index (χ1n) is 13.5. The number of sulfonamides is 1. The van der Waals surface area contributed by atoms with Gasteiger partial charge in [0.05, 0.1) is 17.7 Å². The van der Waals surface area contributed by atoms with Gasteiger partial charge in [-0.3, -0.25) is 13.9 Å². The zero-order valence-corrected chi connectivity index (χ0v) is 25.2. The molecule has 0 radical (unpaired) electrons. The van der Waals surface area contributed by atoms with Gasteiger partial charge >= 0.3 is 0 Å². The van der Waals surface area contributed by atoms with Gasteiger partial charge in [-0.1, -0.05) is 42.8 Å². The standard InChI is InChI=1S/C31H38FN3O5S/c1-7-23(4)33-31(37)24(5)34(19-25-11-13-26(32)14-12-25)30(36)20-35(28-18-22(3)10-17-29(28)40-6)41(38,39)27-15-8-21(2)9-16-27/h8-18,23-24H,7,19-20H2,1-6H3,(H,33,37). The number of methoxy groups -OCH3 is 1. The zero-order valence-electron chi connectivity index (χ0n) is 24.3. The molecule has 2 atom stereocenters. The van der Waals surface area contributed by atoms with Gasteiger partial charge in [-0.05, 0) is 81.6 Å². The number of nitrogens with zero attached hydrogens (tertiary/aromatic N) is 2. The first kappa shape index (κ1) is 31.6. The molecule has 3 aromatic carbocycles. The second-order valence-electron chi connectivity index (χ2n) is 10.1. The van der Waals surface area contributed by atoms with E-state index >= 15 is 0 Å². The molecule has 1 N–H and O–H groups in total. The second-order valence-corrected chi connectivity index (χ2v) is 12.0. The Labute approximate surface area is 242 Å². The zero-order chi connectivity index (χ0) is 30.3. The largest absolute Gasteiger partial charge is 0.495 e. The molecule has 2 unspecified atom stereocenters. The Morgan fingerprint density at radius 3 is 2.15 bits per heavy atom. The fraction of sp³-hybridized carbons (Fsp3) is 0.355. The minimum absolute atomic E-state index is 0.00658. The van der Waals surface area contributed by atoms with Crippen LogP contribution in [-0.2, 0) is 26.2 Å². The Kier molecular flexibility index (Phi) is 10.5. The molecule has 0 heterocycles. The van der Waals surface area contributed by atoms with Crippen molar-refractivity contribution in [1.82, 2.24) is 10.2 Å². The summed E-state index contributed by atoms with van der Waals surface area (Å²) in [5, 5.41) is 2.89. The van der Waals surface area contributed by atoms with Crippen LogP contribution in [0, 0.1) is 19.7 Å². The maximum Gasteiger partial charge on any atom is 0.264 e. The van der Waals surface area contributed by atoms with Crippen LogP contribution in [0.4, 0.5) is 10.1 Å². The molecular weight excluding hydrogens is 545 g/mol. The summed E-state index contributed by atoms with van der Waals surface area (Å²) in [6.07, 6.45) is 0.695. The number of ether oxygens (including phenoxy) is 1. The third-order valence-electron chi connectivity index (χ3n) is 6.93. The minimum atomic E-state index is -4.24. The van der Waals surface area contributed by atoms with E-state index in [2.05, 4.69) is 5.32 Å². The topological polar surface area (TPSA) is 96.0 Å². The lowest BCUT2D eigenvalue weighted by Gasteiger charge is -2.33. The summed E-state index contributed by atoms with van der Waals surface area (Å²) >= 11 is 0. The van der Waals surface area contributed by atoms with E-state index in [0.717, 1.165) is 15.4 Å². The van der Waals surface area contributed by atoms with Gasteiger partial charge in [-0.25, -0.2) is 12.8 Å². The Hall–Kier alpha value is -3.92. The number of nitrogens with one attached hydrogen (secondary N) is 1. The lowest BCUT2D eigenvalue weighted by Crippen LogP contribution is -2.52. The van der Waals surface area contributed by atoms with Crippen LogP contribution in [0.1, 0.15) is 43.9 Å². The number of carbonyl (C=O) groups excluding carboxylic acids is 2. The maximum absolute atomic E-state index is 14.0. The van der Waals surface area contributed by atoms with Gasteiger partial charge < -0.3 is 15.0 Å². The van der Waals surface area contributed by atoms with Crippen molar-refractivity contribution < 1.29 is 27.1 Å². The number of hydrogen-bond donors (Lipinski definition) is 1. The summed E-state index contributed by atoms with van der Waals surface area (Å²) in [5.41, 5.74) is 2.43. The van der Waals surface area contributed by atoms with E-state index < -0.39 is 34.3 Å². The number of amides is 2. The van der Waals surface area contributed by atoms with Crippen molar-refractivity contribution in [3.05, 3.63) is 89.2 Å². The third kappa shape index (κ3) is 7.85. The molecule has 0 saturated heterocycles. The summed E-state index contributed by atoms with van der Waals surface area (Å²) in [6, 6.07) is 15.9. The molecule has 3 aromatic rings. The highest BCUT2D eigenvalue weighted by Gasteiger charge is 2.34. The van der Waals surface area contributed by atoms with Crippen molar-refractivity contribution in [2.24, 2.45) is 0 Å². The van der Waals surface area contributed by atoms with Crippen LogP contribution >= 0.6 is 0 Å². The van der Waals surface area contributed by atoms with Crippen LogP contribution < -0.4 is 14.4 Å². The van der Waals surface area contributed by atoms with Gasteiger partial charge in [-0.15, -0.1) is 0 Å². The number of aryl methyl sites for hydroxylation is 2. The number of carbonyl (C=O) groups is 2. The highest BCUT2D eigenvalue weighted by atomic mass is 32.2. The number of anilines is 1. The van der Waals surface area contributed by atoms with Gasteiger partial charge in [0.25, 0.3) is 10.0 Å². The van der Waals surface area contributed by atoms with Crippen LogP contribution in [0.5, 0.6) is 5.75 Å². The second kappa shape index (κ2) is 13.6. The molecule has 0 aliphatic carbocycles. The summed E-state index contributed by atoms with van der Waals surface area (Å²) in [4.78, 5) is 28.5. The van der Waals surface area contributed by atoms with Crippen molar-refractivity contribution in [1.29, 1.82) is 0 Å². The molecule has 0 spiro atoms. The molecule has 0 saturated carbocycles. The Morgan fingerprint density at radius 2 is 1.56 bits per heavy atom. The summed E-state index contributed by atoms with van der Waals surface area (Å²) in [7, 11) is -2.82. The molecule has 8 nitrogen and oxygen atoms in total. The van der Waals surface area contributed by atoms with E-state index in [0.29, 0.717) is 12.0 Å². The predicted molar refractivity (Wildman–Crippen MR) is 158 cm³/mol. The molecular formula is C31H38FN3O5S. The van der Waals surface area contributed by atoms with Crippen LogP contribution in [0.2, 0.25) is 0 Å². The fourth-order valence-corrected chi connectivity index (χ4v) is 5.60. The van der Waals surface area contributed by atoms with E-state index in [1.807, 2.05) is 27.7 Å². The highest BCUT2D eigenvalue weighted by Crippen LogP contribution is 2.34. The molecule has 220 valence electrons. The quantitative estimate of drug-likeness (QED) is 0.325. The average Bonchev–Trinajstić information content (AvgIpc) is 2.95. The molecule has 41 heavy (non-hydrogen) atoms. The van der Waals surface area contributed by atoms with Gasteiger partial charge in [0.2, 0.25) is 11.8 Å². The number of rotatable bonds is 12. The van der Waals surface area contributed by atoms with E-state index in [1.165, 1.54) is 48.4 Å². The van der Waals surface area contributed by atoms with Crippen molar-refractivity contribution >= 4 is 27.5 Å². The Balaban J connectivity index is 2.09. The Bertz CT molecular complexity index is 1460. The minimum Gasteiger partial charge on any atom is -0.495 e. The highest BCUT2D eigenvalue weighted by molar-refractivity contribution is 7.92. The van der Waals surface area contributed by atoms with Crippen LogP contribution in [0.25, 0.3) is 0 Å². The Morgan fingerprint density at radius 1 is 0.951 bits per heavy atom. The van der Waals surface area contributed by atoms with Gasteiger partial charge in [0.15, 0.2) is 0 Å². The van der Waals surface area contributed by atoms with Gasteiger partial charge in [-0.2, -0.15) is 0 Å². The van der Waals surface area contributed by atoms with Crippen molar-refractivity contribution in [3.8, 4) is 5.75 Å². The lowest BCUT2D eigenvalue weighted by molar-refractivity contribution is -0.139. The molecule has 0 fully saturated rings. The average molecular weight is 584 g/mol. The third-order valence-corrected chi connectivity index (χ3v) is 8.70. The first-order chi connectivity index (χ1) is 19.4. The van der Waals surface area contributed by atoms with Crippen molar-refractivity contribution in [2.45, 2.75) is 64.6 Å². The normalized spacial score (nSPS) is 12.8. The molecule has 0 aliphatic heterocycles. The van der Waals surface area contributed by atoms with Gasteiger partial charge in [0.1, 0.15) is 24.2 Å². The van der Waals surface area contributed by atoms with Gasteiger partial charge in [0, 0.05) is 12.6 Å². The molecule has 0 aromatic heterocycles. The summed E-state index contributed by atoms with van der Waals surface area (Å²) in [5.74, 6) is -1.15. The monoisotopic (exact) mass is 583 g/mol. The van der Waals surface area contributed by atoms with Crippen LogP contribution in [-0.4, -0.2) is 50.9 Å². The first-order valence-corrected chi connectivity index (χ1v) is 14.9. The SMILES string of the molecule is CCC(C)NC(=O)C(C)N(Cc1ccc(F)cc1)C(=O)CN(c1cc(C)ccc1OC)S(=O)(=O)c1ccc(C)cc1. The summed E-state index contributed by atoms with van der Waals surface area (Å²) in [6.45, 7) is 8.40. The van der Waals surface area contributed by atoms with Crippen LogP contribution in [0.15, 0.2) is 71.6 Å². The van der Waals surface area contributed by atoms with Crippen LogP contribution in [0.3, 0.4) is 0 Å². The van der Waals surface area contributed by atoms with Crippen molar-refractivity contribution in [2.75, 3.05) is 18.0 Å². The number of halogens is 1. The lowest BCUT2D eigenvalue weighted by atomic mass is 10.1. The molecule has 2 amide bonds. The fourth-order valence-electron chi connectivity index (χ4n) is 4.18. The maximum atomic E-state index is 14.0. The van der Waals surface area contributed by atoms with E-state index in [9.17, 15) is 22.4 Å². The predicted octanol–water partition coefficient (Wildman–Crippen LogP) is 4.98. The molecule has 10 heteroatoms. The van der Waals surface area contributed by atoms with E-state index in [-0.39, 0.29) is 34.8 Å². The smallest absolute Gasteiger partial charge is 0.264 e. The molecule has 0 bridgehead atoms. The molecule has 0 aliphatic rings. The molecule has 3 rings (SSSR count). The number of benzene rings is 3. The van der Waals surface area contributed by atoms with E-state index in [1.54, 1.807) is 37.3 Å². The van der Waals surface area contributed by atoms with E-state index in [4.69, 9.17) is 4.74 Å². The van der Waals surface area contributed by atoms with Crippen molar-refractivity contribution in [3.63, 3.8) is 0 Å². The number of hydrogen-bond acceptors (Lipinski definition) is 5.